The van der Waals surface area contributed by atoms with E-state index >= 15 is 0 Å². The molecule has 7 rings (SSSR count). The van der Waals surface area contributed by atoms with E-state index in [0.717, 1.165) is 34.7 Å². The van der Waals surface area contributed by atoms with Crippen LogP contribution < -0.4 is 9.91 Å². The number of carbonyl (C=O) groups is 2. The van der Waals surface area contributed by atoms with Gasteiger partial charge in [0, 0.05) is 11.1 Å². The van der Waals surface area contributed by atoms with Gasteiger partial charge < -0.3 is 4.74 Å². The van der Waals surface area contributed by atoms with Gasteiger partial charge in [0.15, 0.2) is 11.0 Å². The number of esters is 1. The summed E-state index contributed by atoms with van der Waals surface area (Å²) in [6.07, 6.45) is 0. The van der Waals surface area contributed by atoms with Crippen LogP contribution in [0.25, 0.3) is 22.4 Å². The molecular weight excluding hydrogens is 653 g/mol. The highest BCUT2D eigenvalue weighted by Gasteiger charge is 2.42. The van der Waals surface area contributed by atoms with Crippen LogP contribution in [-0.4, -0.2) is 33.7 Å². The highest BCUT2D eigenvalue weighted by molar-refractivity contribution is 8.22. The Morgan fingerprint density at radius 3 is 2.04 bits per heavy atom. The average molecular weight is 679 g/mol. The zero-order valence-corrected chi connectivity index (χ0v) is 27.7. The quantitative estimate of drug-likeness (QED) is 0.125. The SMILES string of the molecule is CCOC(=O)C1=NN(c2ccccc2)/C(=C2/SC(=Nc3nc(-c4ccccc4)cc(-c4ccccc4)c3C#N)N(c3ccccc3)C2=O)S1. The fourth-order valence-electron chi connectivity index (χ4n) is 5.25. The Morgan fingerprint density at radius 2 is 1.43 bits per heavy atom. The fraction of sp³-hybridized carbons (Fsp3) is 0.0526. The largest absolute Gasteiger partial charge is 0.461 e. The molecule has 0 atom stereocenters. The molecule has 1 saturated heterocycles. The molecule has 0 aliphatic carbocycles. The number of para-hydroxylation sites is 2. The van der Waals surface area contributed by atoms with Gasteiger partial charge in [0.1, 0.15) is 21.6 Å². The molecule has 1 aromatic heterocycles. The van der Waals surface area contributed by atoms with Crippen molar-refractivity contribution in [2.75, 3.05) is 16.5 Å². The number of pyridine rings is 1. The molecule has 238 valence electrons. The lowest BCUT2D eigenvalue weighted by atomic mass is 9.98. The summed E-state index contributed by atoms with van der Waals surface area (Å²) >= 11 is 2.20. The first-order valence-electron chi connectivity index (χ1n) is 15.3. The molecule has 1 amide bonds. The van der Waals surface area contributed by atoms with Crippen molar-refractivity contribution in [3.8, 4) is 28.5 Å². The summed E-state index contributed by atoms with van der Waals surface area (Å²) in [5.74, 6) is -0.769. The zero-order valence-electron chi connectivity index (χ0n) is 26.1. The van der Waals surface area contributed by atoms with Gasteiger partial charge in [-0.2, -0.15) is 10.4 Å². The van der Waals surface area contributed by atoms with Crippen molar-refractivity contribution in [2.24, 2.45) is 10.1 Å². The van der Waals surface area contributed by atoms with Gasteiger partial charge in [-0.25, -0.2) is 19.8 Å². The lowest BCUT2D eigenvalue weighted by Crippen LogP contribution is -2.29. The molecule has 11 heteroatoms. The standard InChI is InChI=1S/C38H26N6O3S2/c1-2-47-37(46)34-42-44(28-21-13-6-14-22-28)36(49-34)32-35(45)43(27-19-11-5-12-20-27)38(48-32)41-33-30(24-39)29(25-15-7-3-8-16-25)23-31(40-33)26-17-9-4-10-18-26/h3-23H,2H2,1H3/b36-32-,41-38?. The van der Waals surface area contributed by atoms with E-state index in [4.69, 9.17) is 14.7 Å². The number of hydrogen-bond donors (Lipinski definition) is 0. The smallest absolute Gasteiger partial charge is 0.365 e. The Bertz CT molecular complexity index is 2190. The minimum absolute atomic E-state index is 0.106. The van der Waals surface area contributed by atoms with Crippen LogP contribution in [0.5, 0.6) is 0 Å². The van der Waals surface area contributed by atoms with Gasteiger partial charge in [0.2, 0.25) is 5.04 Å². The van der Waals surface area contributed by atoms with Crippen molar-refractivity contribution in [1.82, 2.24) is 4.98 Å². The van der Waals surface area contributed by atoms with E-state index < -0.39 is 5.97 Å². The van der Waals surface area contributed by atoms with Crippen molar-refractivity contribution in [3.63, 3.8) is 0 Å². The van der Waals surface area contributed by atoms with Crippen LogP contribution in [0.2, 0.25) is 0 Å². The van der Waals surface area contributed by atoms with Crippen LogP contribution in [-0.2, 0) is 14.3 Å². The van der Waals surface area contributed by atoms with Gasteiger partial charge in [-0.1, -0.05) is 97.1 Å². The lowest BCUT2D eigenvalue weighted by Gasteiger charge is -2.17. The van der Waals surface area contributed by atoms with Crippen LogP contribution >= 0.6 is 23.5 Å². The molecule has 2 aliphatic heterocycles. The number of anilines is 2. The van der Waals surface area contributed by atoms with Gasteiger partial charge in [-0.15, -0.1) is 0 Å². The molecule has 0 spiro atoms. The molecule has 2 aliphatic rings. The van der Waals surface area contributed by atoms with E-state index in [1.807, 2.05) is 127 Å². The third-order valence-electron chi connectivity index (χ3n) is 7.49. The number of benzene rings is 4. The van der Waals surface area contributed by atoms with Crippen LogP contribution in [0.15, 0.2) is 147 Å². The third kappa shape index (κ3) is 6.35. The highest BCUT2D eigenvalue weighted by atomic mass is 32.2. The number of carbonyl (C=O) groups excluding carboxylic acids is 2. The lowest BCUT2D eigenvalue weighted by molar-refractivity contribution is -0.134. The molecule has 9 nitrogen and oxygen atoms in total. The molecule has 0 saturated carbocycles. The summed E-state index contributed by atoms with van der Waals surface area (Å²) in [4.78, 5) is 39.0. The molecule has 0 unspecified atom stereocenters. The number of nitrogens with zero attached hydrogens (tertiary/aromatic N) is 6. The van der Waals surface area contributed by atoms with Gasteiger partial charge in [-0.05, 0) is 66.3 Å². The zero-order chi connectivity index (χ0) is 33.7. The van der Waals surface area contributed by atoms with Gasteiger partial charge >= 0.3 is 5.97 Å². The first kappa shape index (κ1) is 31.6. The minimum atomic E-state index is -0.581. The Labute approximate surface area is 291 Å². The summed E-state index contributed by atoms with van der Waals surface area (Å²) in [6.45, 7) is 1.91. The summed E-state index contributed by atoms with van der Waals surface area (Å²) < 4.78 is 5.25. The number of aliphatic imine (C=N–C) groups is 1. The van der Waals surface area contributed by atoms with E-state index in [1.54, 1.807) is 11.9 Å². The normalized spacial score (nSPS) is 16.5. The number of hydrogen-bond acceptors (Lipinski definition) is 10. The van der Waals surface area contributed by atoms with E-state index in [2.05, 4.69) is 11.2 Å². The molecule has 49 heavy (non-hydrogen) atoms. The maximum absolute atomic E-state index is 14.5. The number of amidine groups is 1. The van der Waals surface area contributed by atoms with Crippen LogP contribution in [0.1, 0.15) is 12.5 Å². The number of thioether (sulfide) groups is 2. The number of aromatic nitrogens is 1. The number of nitriles is 1. The van der Waals surface area contributed by atoms with Crippen molar-refractivity contribution >= 4 is 62.8 Å². The maximum atomic E-state index is 14.5. The first-order valence-corrected chi connectivity index (χ1v) is 16.9. The molecular formula is C38H26N6O3S2. The molecule has 4 aromatic carbocycles. The van der Waals surface area contributed by atoms with E-state index in [1.165, 1.54) is 4.90 Å². The monoisotopic (exact) mass is 678 g/mol. The number of hydrazone groups is 1. The van der Waals surface area contributed by atoms with Crippen LogP contribution in [0.4, 0.5) is 17.2 Å². The van der Waals surface area contributed by atoms with E-state index in [0.29, 0.717) is 37.7 Å². The second-order valence-corrected chi connectivity index (χ2v) is 12.5. The fourth-order valence-corrected chi connectivity index (χ4v) is 7.31. The minimum Gasteiger partial charge on any atom is -0.461 e. The van der Waals surface area contributed by atoms with E-state index in [-0.39, 0.29) is 28.9 Å². The Kier molecular flexibility index (Phi) is 9.06. The first-order chi connectivity index (χ1) is 24.1. The van der Waals surface area contributed by atoms with Crippen molar-refractivity contribution < 1.29 is 14.3 Å². The summed E-state index contributed by atoms with van der Waals surface area (Å²) in [5.41, 5.74) is 4.51. The van der Waals surface area contributed by atoms with Gasteiger partial charge in [-0.3, -0.25) is 9.69 Å². The predicted molar refractivity (Wildman–Crippen MR) is 196 cm³/mol. The predicted octanol–water partition coefficient (Wildman–Crippen LogP) is 8.35. The number of amides is 1. The number of rotatable bonds is 7. The number of ether oxygens (including phenoxy) is 1. The van der Waals surface area contributed by atoms with Crippen molar-refractivity contribution in [2.45, 2.75) is 6.92 Å². The second-order valence-electron chi connectivity index (χ2n) is 10.6. The maximum Gasteiger partial charge on any atom is 0.365 e. The van der Waals surface area contributed by atoms with Gasteiger partial charge in [0.05, 0.1) is 23.7 Å². The molecule has 0 bridgehead atoms. The second kappa shape index (κ2) is 14.0. The van der Waals surface area contributed by atoms with E-state index in [9.17, 15) is 14.9 Å². The molecule has 0 N–H and O–H groups in total. The molecule has 1 fully saturated rings. The third-order valence-corrected chi connectivity index (χ3v) is 9.66. The van der Waals surface area contributed by atoms with Crippen molar-refractivity contribution in [1.29, 1.82) is 5.26 Å². The molecule has 3 heterocycles. The summed E-state index contributed by atoms with van der Waals surface area (Å²) in [6, 6.07) is 41.9. The summed E-state index contributed by atoms with van der Waals surface area (Å²) in [5, 5.41) is 17.5. The summed E-state index contributed by atoms with van der Waals surface area (Å²) in [7, 11) is 0. The Morgan fingerprint density at radius 1 is 0.837 bits per heavy atom. The molecule has 0 radical (unpaired) electrons. The van der Waals surface area contributed by atoms with Crippen LogP contribution in [0.3, 0.4) is 0 Å². The van der Waals surface area contributed by atoms with Crippen molar-refractivity contribution in [3.05, 3.63) is 143 Å². The Balaban J connectivity index is 1.42. The van der Waals surface area contributed by atoms with Crippen LogP contribution in [0, 0.1) is 11.3 Å². The topological polar surface area (TPSA) is 111 Å². The average Bonchev–Trinajstić information content (AvgIpc) is 3.74. The highest BCUT2D eigenvalue weighted by Crippen LogP contribution is 2.46. The molecule has 5 aromatic rings. The van der Waals surface area contributed by atoms with Gasteiger partial charge in [0.25, 0.3) is 5.91 Å². The Hall–Kier alpha value is -5.96.